The molecule has 0 bridgehead atoms. The van der Waals surface area contributed by atoms with Gasteiger partial charge in [-0.3, -0.25) is 9.36 Å². The summed E-state index contributed by atoms with van der Waals surface area (Å²) >= 11 is 2.20. The standard InChI is InChI=1S/C15H19IN2O2/c1-11(2)5-7-20-8-6-18-10-17-14-4-3-12(16)9-13(14)15(18)19/h3-4,9-11H,5-8H2,1-2H3. The van der Waals surface area contributed by atoms with Gasteiger partial charge < -0.3 is 4.74 Å². The van der Waals surface area contributed by atoms with Gasteiger partial charge in [-0.15, -0.1) is 0 Å². The molecule has 0 aliphatic heterocycles. The van der Waals surface area contributed by atoms with Crippen molar-refractivity contribution in [3.05, 3.63) is 38.5 Å². The van der Waals surface area contributed by atoms with E-state index in [0.717, 1.165) is 22.1 Å². The molecule has 2 aromatic rings. The fourth-order valence-electron chi connectivity index (χ4n) is 1.87. The van der Waals surface area contributed by atoms with Crippen LogP contribution in [0.2, 0.25) is 0 Å². The highest BCUT2D eigenvalue weighted by atomic mass is 127. The van der Waals surface area contributed by atoms with E-state index in [1.165, 1.54) is 0 Å². The van der Waals surface area contributed by atoms with Gasteiger partial charge >= 0.3 is 0 Å². The summed E-state index contributed by atoms with van der Waals surface area (Å²) in [5, 5.41) is 0.668. The van der Waals surface area contributed by atoms with Crippen molar-refractivity contribution < 1.29 is 4.74 Å². The van der Waals surface area contributed by atoms with Crippen LogP contribution in [0.1, 0.15) is 20.3 Å². The SMILES string of the molecule is CC(C)CCOCCn1cnc2ccc(I)cc2c1=O. The first kappa shape index (κ1) is 15.4. The van der Waals surface area contributed by atoms with E-state index in [1.54, 1.807) is 10.9 Å². The van der Waals surface area contributed by atoms with Gasteiger partial charge in [-0.25, -0.2) is 4.98 Å². The average molecular weight is 386 g/mol. The second-order valence-electron chi connectivity index (χ2n) is 5.20. The Hall–Kier alpha value is -0.950. The second kappa shape index (κ2) is 7.17. The number of halogens is 1. The summed E-state index contributed by atoms with van der Waals surface area (Å²) in [6, 6.07) is 5.71. The van der Waals surface area contributed by atoms with Crippen LogP contribution in [0.5, 0.6) is 0 Å². The Bertz CT molecular complexity index is 637. The van der Waals surface area contributed by atoms with E-state index in [-0.39, 0.29) is 5.56 Å². The average Bonchev–Trinajstić information content (AvgIpc) is 2.41. The van der Waals surface area contributed by atoms with Gasteiger partial charge in [0.2, 0.25) is 0 Å². The molecule has 1 heterocycles. The predicted octanol–water partition coefficient (Wildman–Crippen LogP) is 3.06. The molecule has 0 fully saturated rings. The van der Waals surface area contributed by atoms with Crippen molar-refractivity contribution in [2.45, 2.75) is 26.8 Å². The monoisotopic (exact) mass is 386 g/mol. The summed E-state index contributed by atoms with van der Waals surface area (Å²) in [5.74, 6) is 0.641. The maximum Gasteiger partial charge on any atom is 0.261 e. The fourth-order valence-corrected chi connectivity index (χ4v) is 2.37. The molecule has 108 valence electrons. The van der Waals surface area contributed by atoms with Crippen LogP contribution in [-0.2, 0) is 11.3 Å². The Labute approximate surface area is 132 Å². The first-order chi connectivity index (χ1) is 9.58. The highest BCUT2D eigenvalue weighted by Gasteiger charge is 2.04. The van der Waals surface area contributed by atoms with Crippen molar-refractivity contribution in [2.24, 2.45) is 5.92 Å². The van der Waals surface area contributed by atoms with Gasteiger partial charge in [0, 0.05) is 10.2 Å². The quantitative estimate of drug-likeness (QED) is 0.566. The minimum absolute atomic E-state index is 0.000903. The molecule has 0 unspecified atom stereocenters. The largest absolute Gasteiger partial charge is 0.380 e. The Kier molecular flexibility index (Phi) is 5.54. The van der Waals surface area contributed by atoms with E-state index >= 15 is 0 Å². The van der Waals surface area contributed by atoms with Crippen molar-refractivity contribution in [1.82, 2.24) is 9.55 Å². The molecule has 20 heavy (non-hydrogen) atoms. The molecule has 0 amide bonds. The van der Waals surface area contributed by atoms with Gasteiger partial charge in [0.05, 0.1) is 30.4 Å². The zero-order valence-electron chi connectivity index (χ0n) is 11.8. The second-order valence-corrected chi connectivity index (χ2v) is 6.45. The van der Waals surface area contributed by atoms with Crippen LogP contribution in [0.25, 0.3) is 10.9 Å². The van der Waals surface area contributed by atoms with Crippen molar-refractivity contribution in [3.63, 3.8) is 0 Å². The summed E-state index contributed by atoms with van der Waals surface area (Å²) in [4.78, 5) is 16.6. The number of aromatic nitrogens is 2. The van der Waals surface area contributed by atoms with Crippen LogP contribution >= 0.6 is 22.6 Å². The molecule has 0 spiro atoms. The molecule has 1 aromatic heterocycles. The van der Waals surface area contributed by atoms with Gasteiger partial charge in [0.1, 0.15) is 0 Å². The lowest BCUT2D eigenvalue weighted by Crippen LogP contribution is -2.23. The van der Waals surface area contributed by atoms with Crippen LogP contribution in [0.4, 0.5) is 0 Å². The third kappa shape index (κ3) is 4.02. The van der Waals surface area contributed by atoms with Gasteiger partial charge in [0.25, 0.3) is 5.56 Å². The molecule has 0 atom stereocenters. The Morgan fingerprint density at radius 3 is 2.90 bits per heavy atom. The number of fused-ring (bicyclic) bond motifs is 1. The van der Waals surface area contributed by atoms with Crippen molar-refractivity contribution in [3.8, 4) is 0 Å². The number of ether oxygens (including phenoxy) is 1. The highest BCUT2D eigenvalue weighted by Crippen LogP contribution is 2.11. The summed E-state index contributed by atoms with van der Waals surface area (Å²) in [6.45, 7) is 6.17. The molecule has 0 saturated carbocycles. The highest BCUT2D eigenvalue weighted by molar-refractivity contribution is 14.1. The van der Waals surface area contributed by atoms with E-state index < -0.39 is 0 Å². The third-order valence-electron chi connectivity index (χ3n) is 3.10. The molecule has 5 heteroatoms. The van der Waals surface area contributed by atoms with Crippen molar-refractivity contribution in [2.75, 3.05) is 13.2 Å². The lowest BCUT2D eigenvalue weighted by molar-refractivity contribution is 0.115. The lowest BCUT2D eigenvalue weighted by Gasteiger charge is -2.08. The molecule has 0 aliphatic rings. The number of hydrogen-bond donors (Lipinski definition) is 0. The number of rotatable bonds is 6. The lowest BCUT2D eigenvalue weighted by atomic mass is 10.1. The molecule has 0 N–H and O–H groups in total. The minimum atomic E-state index is 0.000903. The van der Waals surface area contributed by atoms with Crippen LogP contribution in [0.3, 0.4) is 0 Å². The smallest absolute Gasteiger partial charge is 0.261 e. The van der Waals surface area contributed by atoms with Gasteiger partial charge in [-0.2, -0.15) is 0 Å². The Balaban J connectivity index is 2.04. The van der Waals surface area contributed by atoms with Crippen LogP contribution < -0.4 is 5.56 Å². The first-order valence-electron chi connectivity index (χ1n) is 6.80. The maximum absolute atomic E-state index is 12.3. The summed E-state index contributed by atoms with van der Waals surface area (Å²) in [5.41, 5.74) is 0.744. The topological polar surface area (TPSA) is 44.1 Å². The van der Waals surface area contributed by atoms with Crippen LogP contribution in [0.15, 0.2) is 29.3 Å². The normalized spacial score (nSPS) is 11.4. The van der Waals surface area contributed by atoms with E-state index in [2.05, 4.69) is 41.4 Å². The third-order valence-corrected chi connectivity index (χ3v) is 3.77. The molecule has 0 saturated heterocycles. The summed E-state index contributed by atoms with van der Waals surface area (Å²) in [7, 11) is 0. The number of benzene rings is 1. The Morgan fingerprint density at radius 1 is 1.35 bits per heavy atom. The molecular formula is C15H19IN2O2. The zero-order chi connectivity index (χ0) is 14.5. The molecule has 4 nitrogen and oxygen atoms in total. The molecule has 2 rings (SSSR count). The van der Waals surface area contributed by atoms with Crippen LogP contribution in [0, 0.1) is 9.49 Å². The summed E-state index contributed by atoms with van der Waals surface area (Å²) < 4.78 is 8.21. The van der Waals surface area contributed by atoms with Crippen molar-refractivity contribution in [1.29, 1.82) is 0 Å². The molecular weight excluding hydrogens is 367 g/mol. The van der Waals surface area contributed by atoms with Gasteiger partial charge in [-0.1, -0.05) is 13.8 Å². The molecule has 0 radical (unpaired) electrons. The first-order valence-corrected chi connectivity index (χ1v) is 7.88. The van der Waals surface area contributed by atoms with Gasteiger partial charge in [0.15, 0.2) is 0 Å². The summed E-state index contributed by atoms with van der Waals surface area (Å²) in [6.07, 6.45) is 2.65. The van der Waals surface area contributed by atoms with E-state index in [0.29, 0.717) is 24.5 Å². The van der Waals surface area contributed by atoms with Crippen LogP contribution in [-0.4, -0.2) is 22.8 Å². The number of nitrogens with zero attached hydrogens (tertiary/aromatic N) is 2. The van der Waals surface area contributed by atoms with Crippen molar-refractivity contribution >= 4 is 33.5 Å². The number of hydrogen-bond acceptors (Lipinski definition) is 3. The van der Waals surface area contributed by atoms with E-state index in [1.807, 2.05) is 18.2 Å². The maximum atomic E-state index is 12.3. The fraction of sp³-hybridized carbons (Fsp3) is 0.467. The minimum Gasteiger partial charge on any atom is -0.380 e. The van der Waals surface area contributed by atoms with E-state index in [9.17, 15) is 4.79 Å². The predicted molar refractivity (Wildman–Crippen MR) is 89.0 cm³/mol. The van der Waals surface area contributed by atoms with Gasteiger partial charge in [-0.05, 0) is 53.1 Å². The molecule has 0 aliphatic carbocycles. The zero-order valence-corrected chi connectivity index (χ0v) is 14.0. The van der Waals surface area contributed by atoms with E-state index in [4.69, 9.17) is 4.74 Å². The molecule has 1 aromatic carbocycles. The Morgan fingerprint density at radius 2 is 2.15 bits per heavy atom.